The molecule has 0 aliphatic heterocycles. The highest BCUT2D eigenvalue weighted by Crippen LogP contribution is 2.22. The molecule has 1 rings (SSSR count). The second-order valence-corrected chi connectivity index (χ2v) is 5.84. The third-order valence-electron chi connectivity index (χ3n) is 4.09. The van der Waals surface area contributed by atoms with E-state index in [2.05, 4.69) is 17.6 Å². The lowest BCUT2D eigenvalue weighted by molar-refractivity contribution is -0.141. The Labute approximate surface area is 115 Å². The lowest BCUT2D eigenvalue weighted by Crippen LogP contribution is -2.48. The number of amides is 2. The van der Waals surface area contributed by atoms with Crippen LogP contribution in [0.25, 0.3) is 0 Å². The minimum atomic E-state index is -0.893. The van der Waals surface area contributed by atoms with Crippen molar-refractivity contribution in [1.82, 2.24) is 10.6 Å². The summed E-state index contributed by atoms with van der Waals surface area (Å²) >= 11 is 0. The Morgan fingerprint density at radius 1 is 1.16 bits per heavy atom. The van der Waals surface area contributed by atoms with Crippen LogP contribution in [0.2, 0.25) is 0 Å². The molecule has 3 N–H and O–H groups in total. The molecule has 0 aromatic rings. The molecule has 0 aromatic carbocycles. The van der Waals surface area contributed by atoms with Crippen molar-refractivity contribution in [3.05, 3.63) is 0 Å². The maximum atomic E-state index is 11.8. The number of rotatable bonds is 4. The number of carboxylic acids is 1. The van der Waals surface area contributed by atoms with Gasteiger partial charge in [0.25, 0.3) is 0 Å². The minimum absolute atomic E-state index is 0.220. The van der Waals surface area contributed by atoms with Crippen LogP contribution in [-0.4, -0.2) is 29.2 Å². The summed E-state index contributed by atoms with van der Waals surface area (Å²) in [6.45, 7) is 5.56. The van der Waals surface area contributed by atoms with Gasteiger partial charge < -0.3 is 15.7 Å². The monoisotopic (exact) mass is 270 g/mol. The van der Waals surface area contributed by atoms with Gasteiger partial charge in [-0.05, 0) is 39.0 Å². The van der Waals surface area contributed by atoms with E-state index in [9.17, 15) is 9.59 Å². The Kier molecular flexibility index (Phi) is 6.12. The van der Waals surface area contributed by atoms with Gasteiger partial charge in [0, 0.05) is 12.1 Å². The Bertz CT molecular complexity index is 320. The van der Waals surface area contributed by atoms with E-state index in [0.29, 0.717) is 0 Å². The summed E-state index contributed by atoms with van der Waals surface area (Å²) in [5.41, 5.74) is 0. The number of nitrogens with one attached hydrogen (secondary N) is 2. The lowest BCUT2D eigenvalue weighted by Gasteiger charge is -2.21. The Balaban J connectivity index is 2.36. The first-order valence-corrected chi connectivity index (χ1v) is 7.20. The van der Waals surface area contributed by atoms with Crippen LogP contribution in [0, 0.1) is 11.8 Å². The van der Waals surface area contributed by atoms with Gasteiger partial charge in [0.15, 0.2) is 0 Å². The van der Waals surface area contributed by atoms with Gasteiger partial charge in [-0.2, -0.15) is 0 Å². The molecule has 19 heavy (non-hydrogen) atoms. The summed E-state index contributed by atoms with van der Waals surface area (Å²) in [4.78, 5) is 22.6. The molecule has 0 spiro atoms. The molecular formula is C14H26N2O3. The summed E-state index contributed by atoms with van der Waals surface area (Å²) in [6, 6.07) is -0.403. The first-order valence-electron chi connectivity index (χ1n) is 7.20. The number of carbonyl (C=O) groups excluding carboxylic acids is 1. The third-order valence-corrected chi connectivity index (χ3v) is 4.09. The fraction of sp³-hybridized carbons (Fsp3) is 0.857. The van der Waals surface area contributed by atoms with Crippen molar-refractivity contribution in [1.29, 1.82) is 0 Å². The van der Waals surface area contributed by atoms with Crippen molar-refractivity contribution in [2.75, 3.05) is 0 Å². The van der Waals surface area contributed by atoms with Crippen LogP contribution >= 0.6 is 0 Å². The fourth-order valence-corrected chi connectivity index (χ4v) is 2.40. The summed E-state index contributed by atoms with van der Waals surface area (Å²) < 4.78 is 0. The molecule has 0 bridgehead atoms. The average molecular weight is 270 g/mol. The second kappa shape index (κ2) is 7.36. The number of aliphatic carboxylic acids is 1. The highest BCUT2D eigenvalue weighted by molar-refractivity contribution is 5.76. The molecule has 5 heteroatoms. The molecule has 1 fully saturated rings. The van der Waals surface area contributed by atoms with E-state index in [1.54, 1.807) is 13.8 Å². The minimum Gasteiger partial charge on any atom is -0.481 e. The van der Waals surface area contributed by atoms with Gasteiger partial charge in [-0.1, -0.05) is 19.8 Å². The average Bonchev–Trinajstić information content (AvgIpc) is 2.53. The van der Waals surface area contributed by atoms with E-state index in [1.165, 1.54) is 6.42 Å². The van der Waals surface area contributed by atoms with Crippen LogP contribution in [0.3, 0.4) is 0 Å². The first kappa shape index (κ1) is 15.8. The maximum Gasteiger partial charge on any atom is 0.315 e. The molecule has 110 valence electrons. The van der Waals surface area contributed by atoms with Crippen molar-refractivity contribution in [3.63, 3.8) is 0 Å². The van der Waals surface area contributed by atoms with Crippen LogP contribution in [0.4, 0.5) is 4.79 Å². The van der Waals surface area contributed by atoms with Crippen molar-refractivity contribution in [2.24, 2.45) is 11.8 Å². The topological polar surface area (TPSA) is 78.4 Å². The third kappa shape index (κ3) is 5.49. The molecule has 5 nitrogen and oxygen atoms in total. The van der Waals surface area contributed by atoms with Crippen LogP contribution < -0.4 is 10.6 Å². The predicted molar refractivity (Wildman–Crippen MR) is 74.0 cm³/mol. The van der Waals surface area contributed by atoms with E-state index in [-0.39, 0.29) is 18.1 Å². The summed E-state index contributed by atoms with van der Waals surface area (Å²) in [5.74, 6) is -0.739. The zero-order chi connectivity index (χ0) is 14.4. The van der Waals surface area contributed by atoms with Crippen molar-refractivity contribution >= 4 is 12.0 Å². The highest BCUT2D eigenvalue weighted by Gasteiger charge is 2.23. The highest BCUT2D eigenvalue weighted by atomic mass is 16.4. The van der Waals surface area contributed by atoms with Gasteiger partial charge in [-0.25, -0.2) is 4.79 Å². The molecule has 1 aliphatic rings. The van der Waals surface area contributed by atoms with E-state index >= 15 is 0 Å². The summed E-state index contributed by atoms with van der Waals surface area (Å²) in [5, 5.41) is 14.6. The largest absolute Gasteiger partial charge is 0.481 e. The van der Waals surface area contributed by atoms with Crippen molar-refractivity contribution in [3.8, 4) is 0 Å². The standard InChI is InChI=1S/C14H26N2O3/c1-9-5-4-6-12(8-7-9)16-14(19)15-11(3)10(2)13(17)18/h9-12H,4-8H2,1-3H3,(H,17,18)(H2,15,16,19). The zero-order valence-electron chi connectivity index (χ0n) is 12.1. The molecule has 2 amide bonds. The molecule has 4 unspecified atom stereocenters. The molecule has 0 aromatic heterocycles. The maximum absolute atomic E-state index is 11.8. The molecular weight excluding hydrogens is 244 g/mol. The van der Waals surface area contributed by atoms with Gasteiger partial charge >= 0.3 is 12.0 Å². The van der Waals surface area contributed by atoms with Gasteiger partial charge in [0.2, 0.25) is 0 Å². The van der Waals surface area contributed by atoms with Crippen LogP contribution in [-0.2, 0) is 4.79 Å². The number of carboxylic acid groups (broad SMARTS) is 1. The quantitative estimate of drug-likeness (QED) is 0.686. The SMILES string of the molecule is CC1CCCC(NC(=O)NC(C)C(C)C(=O)O)CC1. The van der Waals surface area contributed by atoms with Crippen LogP contribution in [0.5, 0.6) is 0 Å². The van der Waals surface area contributed by atoms with Gasteiger partial charge in [0.1, 0.15) is 0 Å². The van der Waals surface area contributed by atoms with E-state index in [4.69, 9.17) is 5.11 Å². The zero-order valence-corrected chi connectivity index (χ0v) is 12.1. The molecule has 0 saturated heterocycles. The molecule has 1 saturated carbocycles. The Morgan fingerprint density at radius 2 is 1.84 bits per heavy atom. The van der Waals surface area contributed by atoms with Crippen molar-refractivity contribution < 1.29 is 14.7 Å². The Morgan fingerprint density at radius 3 is 2.47 bits per heavy atom. The summed E-state index contributed by atoms with van der Waals surface area (Å²) in [6.07, 6.45) is 5.55. The second-order valence-electron chi connectivity index (χ2n) is 5.84. The van der Waals surface area contributed by atoms with Gasteiger partial charge in [0.05, 0.1) is 5.92 Å². The first-order chi connectivity index (χ1) is 8.90. The van der Waals surface area contributed by atoms with Crippen molar-refractivity contribution in [2.45, 2.75) is 65.0 Å². The molecule has 4 atom stereocenters. The van der Waals surface area contributed by atoms with E-state index < -0.39 is 11.9 Å². The lowest BCUT2D eigenvalue weighted by atomic mass is 10.0. The van der Waals surface area contributed by atoms with Crippen LogP contribution in [0.15, 0.2) is 0 Å². The number of carbonyl (C=O) groups is 2. The number of hydrogen-bond acceptors (Lipinski definition) is 2. The van der Waals surface area contributed by atoms with E-state index in [0.717, 1.165) is 31.6 Å². The number of urea groups is 1. The van der Waals surface area contributed by atoms with Crippen LogP contribution in [0.1, 0.15) is 52.9 Å². The van der Waals surface area contributed by atoms with E-state index in [1.807, 2.05) is 0 Å². The number of hydrogen-bond donors (Lipinski definition) is 3. The predicted octanol–water partition coefficient (Wildman–Crippen LogP) is 2.36. The van der Waals surface area contributed by atoms with Gasteiger partial charge in [-0.15, -0.1) is 0 Å². The molecule has 0 heterocycles. The normalized spacial score (nSPS) is 26.9. The fourth-order valence-electron chi connectivity index (χ4n) is 2.40. The smallest absolute Gasteiger partial charge is 0.315 e. The summed E-state index contributed by atoms with van der Waals surface area (Å²) in [7, 11) is 0. The Hall–Kier alpha value is -1.26. The molecule has 0 radical (unpaired) electrons. The van der Waals surface area contributed by atoms with Gasteiger partial charge in [-0.3, -0.25) is 4.79 Å². The molecule has 1 aliphatic carbocycles.